The van der Waals surface area contributed by atoms with Crippen molar-refractivity contribution >= 4 is 27.5 Å². The number of amides is 2. The second-order valence-corrected chi connectivity index (χ2v) is 11.0. The molecule has 8 nitrogen and oxygen atoms in total. The van der Waals surface area contributed by atoms with E-state index in [1.165, 1.54) is 30.2 Å². The molecule has 1 N–H and O–H groups in total. The molecule has 0 radical (unpaired) electrons. The Bertz CT molecular complexity index is 1370. The number of anilines is 1. The van der Waals surface area contributed by atoms with Crippen LogP contribution < -0.4 is 14.4 Å². The van der Waals surface area contributed by atoms with Crippen molar-refractivity contribution in [1.29, 1.82) is 0 Å². The number of benzene rings is 3. The summed E-state index contributed by atoms with van der Waals surface area (Å²) in [6.07, 6.45) is 1.81. The molecule has 3 rings (SSSR count). The molecule has 0 aliphatic carbocycles. The van der Waals surface area contributed by atoms with Crippen LogP contribution in [0, 0.1) is 5.82 Å². The van der Waals surface area contributed by atoms with Crippen LogP contribution in [0.2, 0.25) is 0 Å². The Labute approximate surface area is 229 Å². The normalized spacial score (nSPS) is 11.9. The number of hydrogen-bond donors (Lipinski definition) is 1. The van der Waals surface area contributed by atoms with Crippen molar-refractivity contribution in [2.75, 3.05) is 30.8 Å². The highest BCUT2D eigenvalue weighted by molar-refractivity contribution is 7.92. The monoisotopic (exact) mass is 555 g/mol. The summed E-state index contributed by atoms with van der Waals surface area (Å²) in [5, 5.41) is 2.87. The molecule has 39 heavy (non-hydrogen) atoms. The molecule has 3 aromatic rings. The van der Waals surface area contributed by atoms with E-state index in [4.69, 9.17) is 4.74 Å². The maximum absolute atomic E-state index is 14.7. The zero-order valence-corrected chi connectivity index (χ0v) is 23.2. The minimum Gasteiger partial charge on any atom is -0.497 e. The molecule has 2 amide bonds. The largest absolute Gasteiger partial charge is 0.497 e. The topological polar surface area (TPSA) is 96.0 Å². The van der Waals surface area contributed by atoms with Gasteiger partial charge in [-0.15, -0.1) is 0 Å². The molecule has 0 bridgehead atoms. The van der Waals surface area contributed by atoms with Crippen molar-refractivity contribution in [1.82, 2.24) is 10.2 Å². The van der Waals surface area contributed by atoms with E-state index >= 15 is 0 Å². The Morgan fingerprint density at radius 3 is 2.28 bits per heavy atom. The summed E-state index contributed by atoms with van der Waals surface area (Å²) in [5.74, 6) is -1.23. The van der Waals surface area contributed by atoms with Crippen molar-refractivity contribution in [3.63, 3.8) is 0 Å². The Morgan fingerprint density at radius 2 is 1.64 bits per heavy atom. The first-order valence-electron chi connectivity index (χ1n) is 12.6. The van der Waals surface area contributed by atoms with Crippen molar-refractivity contribution in [3.05, 3.63) is 95.8 Å². The van der Waals surface area contributed by atoms with E-state index in [0.29, 0.717) is 24.3 Å². The molecule has 0 saturated carbocycles. The number of rotatable bonds is 13. The summed E-state index contributed by atoms with van der Waals surface area (Å²) in [6.45, 7) is 1.65. The number of nitrogens with zero attached hydrogens (tertiary/aromatic N) is 2. The van der Waals surface area contributed by atoms with Crippen molar-refractivity contribution in [2.45, 2.75) is 32.4 Å². The van der Waals surface area contributed by atoms with Gasteiger partial charge in [0.05, 0.1) is 19.1 Å². The van der Waals surface area contributed by atoms with Crippen LogP contribution in [0.4, 0.5) is 10.1 Å². The molecule has 1 atom stereocenters. The molecular weight excluding hydrogens is 521 g/mol. The highest BCUT2D eigenvalue weighted by Gasteiger charge is 2.33. The van der Waals surface area contributed by atoms with Crippen LogP contribution in [0.3, 0.4) is 0 Å². The maximum atomic E-state index is 14.7. The predicted octanol–water partition coefficient (Wildman–Crippen LogP) is 3.77. The highest BCUT2D eigenvalue weighted by atomic mass is 32.2. The SMILES string of the molecule is CCCNC(=O)C(Cc1ccccc1)N(Cc1cccc(OC)c1)C(=O)CN(c1ccccc1F)S(C)(=O)=O. The smallest absolute Gasteiger partial charge is 0.244 e. The third-order valence-electron chi connectivity index (χ3n) is 6.11. The number of para-hydroxylation sites is 1. The third kappa shape index (κ3) is 8.28. The van der Waals surface area contributed by atoms with Gasteiger partial charge < -0.3 is 15.0 Å². The maximum Gasteiger partial charge on any atom is 0.244 e. The van der Waals surface area contributed by atoms with E-state index in [9.17, 15) is 22.4 Å². The Morgan fingerprint density at radius 1 is 0.974 bits per heavy atom. The molecule has 0 aliphatic heterocycles. The molecule has 0 saturated heterocycles. The van der Waals surface area contributed by atoms with Crippen LogP contribution in [0.15, 0.2) is 78.9 Å². The van der Waals surface area contributed by atoms with E-state index in [1.807, 2.05) is 37.3 Å². The Hall–Kier alpha value is -3.92. The quantitative estimate of drug-likeness (QED) is 0.347. The average molecular weight is 556 g/mol. The standard InChI is InChI=1S/C29H34FN3O5S/c1-4-17-31-29(35)27(19-22-11-6-5-7-12-22)32(20-23-13-10-14-24(18-23)38-2)28(34)21-33(39(3,36)37)26-16-9-8-15-25(26)30/h5-16,18,27H,4,17,19-21H2,1-3H3,(H,31,35). The summed E-state index contributed by atoms with van der Waals surface area (Å²) < 4.78 is 46.1. The number of sulfonamides is 1. The second kappa shape index (κ2) is 13.7. The molecule has 208 valence electrons. The van der Waals surface area contributed by atoms with Gasteiger partial charge in [0.15, 0.2) is 0 Å². The minimum absolute atomic E-state index is 0.00194. The number of hydrogen-bond acceptors (Lipinski definition) is 5. The zero-order chi connectivity index (χ0) is 28.4. The minimum atomic E-state index is -4.05. The first-order valence-corrected chi connectivity index (χ1v) is 14.4. The Kier molecular flexibility index (Phi) is 10.4. The third-order valence-corrected chi connectivity index (χ3v) is 7.23. The van der Waals surface area contributed by atoms with Crippen LogP contribution in [-0.4, -0.2) is 57.6 Å². The lowest BCUT2D eigenvalue weighted by Gasteiger charge is -2.33. The van der Waals surface area contributed by atoms with E-state index in [1.54, 1.807) is 24.3 Å². The molecule has 0 heterocycles. The molecule has 0 aromatic heterocycles. The van der Waals surface area contributed by atoms with E-state index in [-0.39, 0.29) is 24.6 Å². The predicted molar refractivity (Wildman–Crippen MR) is 149 cm³/mol. The van der Waals surface area contributed by atoms with Gasteiger partial charge in [0, 0.05) is 19.5 Å². The number of nitrogens with one attached hydrogen (secondary N) is 1. The van der Waals surface area contributed by atoms with Gasteiger partial charge in [-0.05, 0) is 41.8 Å². The number of carbonyl (C=O) groups is 2. The molecular formula is C29H34FN3O5S. The van der Waals surface area contributed by atoms with Crippen LogP contribution in [0.25, 0.3) is 0 Å². The van der Waals surface area contributed by atoms with Gasteiger partial charge in [-0.3, -0.25) is 13.9 Å². The van der Waals surface area contributed by atoms with Crippen LogP contribution in [0.1, 0.15) is 24.5 Å². The lowest BCUT2D eigenvalue weighted by molar-refractivity contribution is -0.140. The lowest BCUT2D eigenvalue weighted by Crippen LogP contribution is -2.53. The van der Waals surface area contributed by atoms with Crippen molar-refractivity contribution in [2.24, 2.45) is 0 Å². The summed E-state index contributed by atoms with van der Waals surface area (Å²) in [4.78, 5) is 28.7. The van der Waals surface area contributed by atoms with Gasteiger partial charge in [-0.2, -0.15) is 0 Å². The van der Waals surface area contributed by atoms with Gasteiger partial charge in [-0.25, -0.2) is 12.8 Å². The number of carbonyl (C=O) groups excluding carboxylic acids is 2. The Balaban J connectivity index is 2.06. The fourth-order valence-corrected chi connectivity index (χ4v) is 4.99. The van der Waals surface area contributed by atoms with Crippen molar-refractivity contribution < 1.29 is 27.1 Å². The summed E-state index contributed by atoms with van der Waals surface area (Å²) >= 11 is 0. The summed E-state index contributed by atoms with van der Waals surface area (Å²) in [5.41, 5.74) is 1.26. The molecule has 1 unspecified atom stereocenters. The lowest BCUT2D eigenvalue weighted by atomic mass is 10.0. The number of halogens is 1. The molecule has 0 spiro atoms. The van der Waals surface area contributed by atoms with Crippen LogP contribution >= 0.6 is 0 Å². The van der Waals surface area contributed by atoms with Crippen LogP contribution in [-0.2, 0) is 32.6 Å². The number of methoxy groups -OCH3 is 1. The molecule has 0 aliphatic rings. The van der Waals surface area contributed by atoms with E-state index < -0.39 is 34.3 Å². The van der Waals surface area contributed by atoms with E-state index in [2.05, 4.69) is 5.32 Å². The fraction of sp³-hybridized carbons (Fsp3) is 0.310. The second-order valence-electron chi connectivity index (χ2n) is 9.09. The molecule has 3 aromatic carbocycles. The van der Waals surface area contributed by atoms with Gasteiger partial charge in [-0.1, -0.05) is 61.5 Å². The first-order chi connectivity index (χ1) is 18.6. The zero-order valence-electron chi connectivity index (χ0n) is 22.3. The summed E-state index contributed by atoms with van der Waals surface area (Å²) in [6, 6.07) is 20.7. The molecule has 10 heteroatoms. The molecule has 0 fully saturated rings. The van der Waals surface area contributed by atoms with Crippen LogP contribution in [0.5, 0.6) is 5.75 Å². The van der Waals surface area contributed by atoms with Gasteiger partial charge in [0.25, 0.3) is 0 Å². The average Bonchev–Trinajstić information content (AvgIpc) is 2.92. The summed E-state index contributed by atoms with van der Waals surface area (Å²) in [7, 11) is -2.52. The van der Waals surface area contributed by atoms with Crippen molar-refractivity contribution in [3.8, 4) is 5.75 Å². The number of ether oxygens (including phenoxy) is 1. The van der Waals surface area contributed by atoms with Gasteiger partial charge in [0.1, 0.15) is 24.2 Å². The first kappa shape index (κ1) is 29.6. The van der Waals surface area contributed by atoms with Gasteiger partial charge >= 0.3 is 0 Å². The van der Waals surface area contributed by atoms with Gasteiger partial charge in [0.2, 0.25) is 21.8 Å². The van der Waals surface area contributed by atoms with E-state index in [0.717, 1.165) is 22.2 Å². The highest BCUT2D eigenvalue weighted by Crippen LogP contribution is 2.23. The fourth-order valence-electron chi connectivity index (χ4n) is 4.14.